The number of non-ortho nitro benzene ring substituents is 1. The van der Waals surface area contributed by atoms with E-state index in [0.717, 1.165) is 28.6 Å². The summed E-state index contributed by atoms with van der Waals surface area (Å²) in [6.45, 7) is 4.01. The van der Waals surface area contributed by atoms with Crippen molar-refractivity contribution in [2.75, 3.05) is 26.3 Å². The zero-order valence-corrected chi connectivity index (χ0v) is 23.6. The summed E-state index contributed by atoms with van der Waals surface area (Å²) in [5.41, 5.74) is 0.425. The van der Waals surface area contributed by atoms with Crippen LogP contribution >= 0.6 is 0 Å². The van der Waals surface area contributed by atoms with Crippen molar-refractivity contribution >= 4 is 21.8 Å². The third-order valence-corrected chi connectivity index (χ3v) is 8.89. The van der Waals surface area contributed by atoms with Crippen LogP contribution in [0.1, 0.15) is 25.8 Å². The van der Waals surface area contributed by atoms with Gasteiger partial charge in [0, 0.05) is 25.2 Å². The van der Waals surface area contributed by atoms with Crippen molar-refractivity contribution in [3.05, 3.63) is 64.2 Å². The minimum Gasteiger partial charge on any atom is -0.508 e. The molecule has 41 heavy (non-hydrogen) atoms. The number of hydrogen-bond donors (Lipinski definition) is 3. The van der Waals surface area contributed by atoms with Crippen molar-refractivity contribution < 1.29 is 42.6 Å². The van der Waals surface area contributed by atoms with Crippen LogP contribution in [-0.2, 0) is 30.7 Å². The largest absolute Gasteiger partial charge is 0.508 e. The predicted molar refractivity (Wildman–Crippen MR) is 146 cm³/mol. The fraction of sp³-hybridized carbons (Fsp3) is 0.519. The maximum Gasteiger partial charge on any atom is 0.407 e. The normalized spacial score (nSPS) is 21.9. The number of phenolic OH excluding ortho intramolecular Hbond substituents is 1. The number of benzene rings is 2. The molecule has 13 nitrogen and oxygen atoms in total. The van der Waals surface area contributed by atoms with Gasteiger partial charge in [-0.25, -0.2) is 13.2 Å². The molecule has 0 spiro atoms. The number of aromatic hydroxyl groups is 1. The number of phenols is 1. The number of carbonyl (C=O) groups excluding carboxylic acids is 1. The number of rotatable bonds is 12. The highest BCUT2D eigenvalue weighted by atomic mass is 32.2. The molecular weight excluding hydrogens is 558 g/mol. The topological polar surface area (TPSA) is 178 Å². The molecule has 4 rings (SSSR count). The van der Waals surface area contributed by atoms with Crippen LogP contribution in [0.3, 0.4) is 0 Å². The molecule has 14 heteroatoms. The second kappa shape index (κ2) is 13.1. The zero-order chi connectivity index (χ0) is 29.7. The van der Waals surface area contributed by atoms with E-state index in [2.05, 4.69) is 5.32 Å². The van der Waals surface area contributed by atoms with Gasteiger partial charge in [0.1, 0.15) is 11.9 Å². The molecule has 224 valence electrons. The molecule has 1 amide bonds. The standard InChI is InChI=1S/C27H35N3O10S/c1-17(2)14-29(41(36,37)21-9-5-19(6-10-21)30(34)35)15-24(32)23(13-18-3-7-20(31)8-4-18)28-27(33)40-25-16-39-26-22(25)11-12-38-26/h3-10,17,22-26,31-32H,11-16H2,1-2H3,(H,28,33)/t22?,23-,24+,25-,26+/m0/s1. The van der Waals surface area contributed by atoms with Gasteiger partial charge in [-0.05, 0) is 48.6 Å². The molecule has 2 aliphatic heterocycles. The number of sulfonamides is 1. The van der Waals surface area contributed by atoms with Gasteiger partial charge in [-0.1, -0.05) is 26.0 Å². The molecule has 2 fully saturated rings. The maximum absolute atomic E-state index is 13.5. The van der Waals surface area contributed by atoms with Gasteiger partial charge in [0.15, 0.2) is 6.29 Å². The summed E-state index contributed by atoms with van der Waals surface area (Å²) in [6.07, 6.45) is -2.30. The number of aliphatic hydroxyl groups is 1. The van der Waals surface area contributed by atoms with Crippen LogP contribution in [0.4, 0.5) is 10.5 Å². The van der Waals surface area contributed by atoms with Gasteiger partial charge < -0.3 is 29.7 Å². The van der Waals surface area contributed by atoms with Crippen LogP contribution in [0.25, 0.3) is 0 Å². The number of alkyl carbamates (subject to hydrolysis) is 1. The van der Waals surface area contributed by atoms with Crippen molar-refractivity contribution in [3.8, 4) is 5.75 Å². The number of carbonyl (C=O) groups is 1. The SMILES string of the molecule is CC(C)CN(C[C@@H](O)[C@H](Cc1ccc(O)cc1)NC(=O)O[C@H]1CO[C@H]2OCCC21)S(=O)(=O)c1ccc([N+](=O)[O-])cc1. The Kier molecular flexibility index (Phi) is 9.81. The second-order valence-corrected chi connectivity index (χ2v) is 12.6. The van der Waals surface area contributed by atoms with Crippen molar-refractivity contribution in [2.45, 2.75) is 56.1 Å². The molecule has 0 bridgehead atoms. The van der Waals surface area contributed by atoms with E-state index in [4.69, 9.17) is 14.2 Å². The van der Waals surface area contributed by atoms with E-state index in [1.165, 1.54) is 12.1 Å². The van der Waals surface area contributed by atoms with E-state index in [0.29, 0.717) is 18.6 Å². The number of amides is 1. The average molecular weight is 594 g/mol. The Bertz CT molecular complexity index is 1300. The van der Waals surface area contributed by atoms with Crippen LogP contribution in [0, 0.1) is 22.0 Å². The Morgan fingerprint density at radius 2 is 1.83 bits per heavy atom. The zero-order valence-electron chi connectivity index (χ0n) is 22.8. The van der Waals surface area contributed by atoms with E-state index in [9.17, 15) is 33.5 Å². The molecular formula is C27H35N3O10S. The molecule has 0 aromatic heterocycles. The molecule has 5 atom stereocenters. The highest BCUT2D eigenvalue weighted by Crippen LogP contribution is 2.33. The van der Waals surface area contributed by atoms with E-state index in [1.807, 2.05) is 13.8 Å². The summed E-state index contributed by atoms with van der Waals surface area (Å²) in [7, 11) is -4.16. The third-order valence-electron chi connectivity index (χ3n) is 7.05. The van der Waals surface area contributed by atoms with Crippen LogP contribution in [0.2, 0.25) is 0 Å². The second-order valence-electron chi connectivity index (χ2n) is 10.6. The van der Waals surface area contributed by atoms with Gasteiger partial charge in [-0.3, -0.25) is 10.1 Å². The fourth-order valence-electron chi connectivity index (χ4n) is 4.94. The van der Waals surface area contributed by atoms with E-state index < -0.39 is 45.6 Å². The fourth-order valence-corrected chi connectivity index (χ4v) is 6.56. The van der Waals surface area contributed by atoms with Crippen molar-refractivity contribution in [1.29, 1.82) is 0 Å². The first-order chi connectivity index (χ1) is 19.4. The number of ether oxygens (including phenoxy) is 3. The summed E-state index contributed by atoms with van der Waals surface area (Å²) in [4.78, 5) is 23.2. The number of nitrogens with one attached hydrogen (secondary N) is 1. The van der Waals surface area contributed by atoms with E-state index in [1.54, 1.807) is 12.1 Å². The minimum atomic E-state index is -4.16. The molecule has 2 saturated heterocycles. The third kappa shape index (κ3) is 7.71. The lowest BCUT2D eigenvalue weighted by molar-refractivity contribution is -0.384. The van der Waals surface area contributed by atoms with E-state index >= 15 is 0 Å². The number of fused-ring (bicyclic) bond motifs is 1. The first kappa shape index (κ1) is 30.7. The maximum atomic E-state index is 13.5. The van der Waals surface area contributed by atoms with Crippen molar-refractivity contribution in [3.63, 3.8) is 0 Å². The predicted octanol–water partition coefficient (Wildman–Crippen LogP) is 2.41. The average Bonchev–Trinajstić information content (AvgIpc) is 3.54. The Labute approximate surface area is 238 Å². The summed E-state index contributed by atoms with van der Waals surface area (Å²) in [5.74, 6) is -0.160. The van der Waals surface area contributed by atoms with Gasteiger partial charge >= 0.3 is 6.09 Å². The first-order valence-corrected chi connectivity index (χ1v) is 14.8. The van der Waals surface area contributed by atoms with Crippen LogP contribution < -0.4 is 5.32 Å². The number of hydrogen-bond acceptors (Lipinski definition) is 10. The number of nitrogens with zero attached hydrogens (tertiary/aromatic N) is 2. The Balaban J connectivity index is 1.53. The summed E-state index contributed by atoms with van der Waals surface area (Å²) in [5, 5.41) is 34.7. The quantitative estimate of drug-likeness (QED) is 0.244. The molecule has 0 aliphatic carbocycles. The van der Waals surface area contributed by atoms with Gasteiger partial charge in [0.25, 0.3) is 5.69 Å². The minimum absolute atomic E-state index is 0.0464. The smallest absolute Gasteiger partial charge is 0.407 e. The Hall–Kier alpha value is -3.30. The van der Waals surface area contributed by atoms with Gasteiger partial charge in [-0.15, -0.1) is 0 Å². The lowest BCUT2D eigenvalue weighted by Crippen LogP contribution is -2.51. The number of nitro benzene ring substituents is 1. The summed E-state index contributed by atoms with van der Waals surface area (Å²) < 4.78 is 44.8. The molecule has 2 aromatic carbocycles. The van der Waals surface area contributed by atoms with Crippen LogP contribution in [0.5, 0.6) is 5.75 Å². The Morgan fingerprint density at radius 1 is 1.15 bits per heavy atom. The first-order valence-electron chi connectivity index (χ1n) is 13.3. The number of aliphatic hydroxyl groups excluding tert-OH is 1. The van der Waals surface area contributed by atoms with Gasteiger partial charge in [-0.2, -0.15) is 4.31 Å². The summed E-state index contributed by atoms with van der Waals surface area (Å²) in [6, 6.07) is 9.75. The molecule has 2 aliphatic rings. The molecule has 0 saturated carbocycles. The lowest BCUT2D eigenvalue weighted by atomic mass is 10.0. The molecule has 2 aromatic rings. The Morgan fingerprint density at radius 3 is 2.46 bits per heavy atom. The van der Waals surface area contributed by atoms with E-state index in [-0.39, 0.29) is 54.3 Å². The van der Waals surface area contributed by atoms with Gasteiger partial charge in [0.05, 0.1) is 41.1 Å². The molecule has 3 N–H and O–H groups in total. The van der Waals surface area contributed by atoms with Crippen molar-refractivity contribution in [1.82, 2.24) is 9.62 Å². The molecule has 0 radical (unpaired) electrons. The van der Waals surface area contributed by atoms with Crippen molar-refractivity contribution in [2.24, 2.45) is 11.8 Å². The molecule has 1 unspecified atom stereocenters. The highest BCUT2D eigenvalue weighted by Gasteiger charge is 2.44. The monoisotopic (exact) mass is 593 g/mol. The molecule has 2 heterocycles. The van der Waals surface area contributed by atoms with Gasteiger partial charge in [0.2, 0.25) is 10.0 Å². The highest BCUT2D eigenvalue weighted by molar-refractivity contribution is 7.89. The van der Waals surface area contributed by atoms with Crippen LogP contribution in [-0.4, -0.2) is 84.8 Å². The summed E-state index contributed by atoms with van der Waals surface area (Å²) >= 11 is 0. The lowest BCUT2D eigenvalue weighted by Gasteiger charge is -2.31. The number of nitro groups is 1. The van der Waals surface area contributed by atoms with Crippen LogP contribution in [0.15, 0.2) is 53.4 Å².